The van der Waals surface area contributed by atoms with Crippen LogP contribution in [0.3, 0.4) is 0 Å². The molecule has 0 spiro atoms. The Kier molecular flexibility index (Phi) is 10.8. The molecule has 0 bridgehead atoms. The molecule has 0 amide bonds. The van der Waals surface area contributed by atoms with Gasteiger partial charge < -0.3 is 4.55 Å². The van der Waals surface area contributed by atoms with Gasteiger partial charge in [0.1, 0.15) is 6.67 Å². The Labute approximate surface area is 61.3 Å². The summed E-state index contributed by atoms with van der Waals surface area (Å²) in [6.07, 6.45) is 0. The van der Waals surface area contributed by atoms with Gasteiger partial charge in [-0.3, -0.25) is 4.18 Å². The summed E-state index contributed by atoms with van der Waals surface area (Å²) in [5.74, 6) is 0. The Morgan fingerprint density at radius 3 is 2.38 bits per heavy atom. The second-order valence-electron chi connectivity index (χ2n) is 0.715. The third kappa shape index (κ3) is 9.78. The summed E-state index contributed by atoms with van der Waals surface area (Å²) in [6, 6.07) is 0. The standard InChI is InChI=1S/C2H5FO3S.Li/c3-1-2-6-7(4)5;/h1-2H2,(H,4,5);/q;+1/p-1. The van der Waals surface area contributed by atoms with Crippen molar-refractivity contribution in [2.24, 2.45) is 0 Å². The summed E-state index contributed by atoms with van der Waals surface area (Å²) in [6.45, 7) is -1.15. The molecule has 0 aliphatic carbocycles. The van der Waals surface area contributed by atoms with Gasteiger partial charge in [-0.15, -0.1) is 0 Å². The first kappa shape index (κ1) is 11.4. The molecule has 0 N–H and O–H groups in total. The van der Waals surface area contributed by atoms with Gasteiger partial charge in [0.2, 0.25) is 0 Å². The van der Waals surface area contributed by atoms with E-state index < -0.39 is 18.0 Å². The van der Waals surface area contributed by atoms with Crippen molar-refractivity contribution in [1.29, 1.82) is 0 Å². The van der Waals surface area contributed by atoms with Crippen molar-refractivity contribution in [3.8, 4) is 0 Å². The summed E-state index contributed by atoms with van der Waals surface area (Å²) < 4.78 is 33.4. The molecule has 0 saturated carbocycles. The molecule has 0 rings (SSSR count). The Balaban J connectivity index is 0. The zero-order chi connectivity index (χ0) is 5.70. The summed E-state index contributed by atoms with van der Waals surface area (Å²) in [5, 5.41) is 0. The molecule has 6 heteroatoms. The van der Waals surface area contributed by atoms with E-state index in [0.29, 0.717) is 0 Å². The van der Waals surface area contributed by atoms with Crippen LogP contribution in [0.4, 0.5) is 4.39 Å². The summed E-state index contributed by atoms with van der Waals surface area (Å²) in [7, 11) is 0. The molecule has 1 atom stereocenters. The fourth-order valence-electron chi connectivity index (χ4n) is 0.0995. The van der Waals surface area contributed by atoms with Crippen molar-refractivity contribution < 1.29 is 36.2 Å². The summed E-state index contributed by atoms with van der Waals surface area (Å²) >= 11 is -2.56. The number of hydrogen-bond donors (Lipinski definition) is 0. The molecule has 0 aliphatic rings. The van der Waals surface area contributed by atoms with Crippen LogP contribution >= 0.6 is 0 Å². The molecule has 44 valence electrons. The van der Waals surface area contributed by atoms with Crippen LogP contribution in [0.5, 0.6) is 0 Å². The van der Waals surface area contributed by atoms with Gasteiger partial charge in [0.05, 0.1) is 18.0 Å². The second kappa shape index (κ2) is 7.60. The number of rotatable bonds is 3. The Bertz CT molecular complexity index is 70.3. The van der Waals surface area contributed by atoms with Crippen molar-refractivity contribution in [2.45, 2.75) is 0 Å². The monoisotopic (exact) mass is 134 g/mol. The van der Waals surface area contributed by atoms with Gasteiger partial charge in [0.25, 0.3) is 0 Å². The van der Waals surface area contributed by atoms with Crippen molar-refractivity contribution in [3.63, 3.8) is 0 Å². The van der Waals surface area contributed by atoms with Crippen LogP contribution in [-0.4, -0.2) is 22.0 Å². The molecule has 0 saturated heterocycles. The maximum Gasteiger partial charge on any atom is 1.00 e. The van der Waals surface area contributed by atoms with E-state index in [1.807, 2.05) is 0 Å². The predicted octanol–water partition coefficient (Wildman–Crippen LogP) is -3.23. The van der Waals surface area contributed by atoms with Crippen molar-refractivity contribution >= 4 is 11.4 Å². The number of hydrogen-bond acceptors (Lipinski definition) is 3. The van der Waals surface area contributed by atoms with E-state index in [1.165, 1.54) is 0 Å². The maximum absolute atomic E-state index is 11.0. The first-order chi connectivity index (χ1) is 3.27. The maximum atomic E-state index is 11.0. The van der Waals surface area contributed by atoms with Gasteiger partial charge in [0, 0.05) is 0 Å². The molecule has 3 nitrogen and oxygen atoms in total. The van der Waals surface area contributed by atoms with Crippen molar-refractivity contribution in [3.05, 3.63) is 0 Å². The summed E-state index contributed by atoms with van der Waals surface area (Å²) in [5.41, 5.74) is 0. The van der Waals surface area contributed by atoms with Gasteiger partial charge in [-0.25, -0.2) is 8.60 Å². The normalized spacial score (nSPS) is 12.2. The molecular weight excluding hydrogens is 130 g/mol. The average molecular weight is 134 g/mol. The van der Waals surface area contributed by atoms with E-state index in [4.69, 9.17) is 0 Å². The van der Waals surface area contributed by atoms with E-state index >= 15 is 0 Å². The zero-order valence-electron chi connectivity index (χ0n) is 4.43. The Hall–Kier alpha value is 0.597. The minimum atomic E-state index is -2.56. The number of halogens is 1. The zero-order valence-corrected chi connectivity index (χ0v) is 5.24. The first-order valence-electron chi connectivity index (χ1n) is 1.56. The largest absolute Gasteiger partial charge is 1.00 e. The third-order valence-corrected chi connectivity index (χ3v) is 0.616. The molecular formula is C2H4FLiO3S. The minimum absolute atomic E-state index is 0. The van der Waals surface area contributed by atoms with Crippen LogP contribution < -0.4 is 18.9 Å². The molecule has 0 radical (unpaired) electrons. The van der Waals surface area contributed by atoms with Gasteiger partial charge in [-0.1, -0.05) is 0 Å². The van der Waals surface area contributed by atoms with Crippen LogP contribution in [0, 0.1) is 0 Å². The molecule has 1 unspecified atom stereocenters. The molecule has 8 heavy (non-hydrogen) atoms. The average Bonchev–Trinajstić information content (AvgIpc) is 1.61. The second-order valence-corrected chi connectivity index (χ2v) is 1.36. The van der Waals surface area contributed by atoms with E-state index in [-0.39, 0.29) is 25.5 Å². The van der Waals surface area contributed by atoms with Crippen LogP contribution in [0.2, 0.25) is 0 Å². The Morgan fingerprint density at radius 2 is 2.25 bits per heavy atom. The topological polar surface area (TPSA) is 49.4 Å². The van der Waals surface area contributed by atoms with Gasteiger partial charge in [-0.05, 0) is 0 Å². The molecule has 0 aromatic carbocycles. The first-order valence-corrected chi connectivity index (χ1v) is 2.56. The minimum Gasteiger partial charge on any atom is -0.750 e. The van der Waals surface area contributed by atoms with E-state index in [2.05, 4.69) is 4.18 Å². The van der Waals surface area contributed by atoms with E-state index in [1.54, 1.807) is 0 Å². The van der Waals surface area contributed by atoms with E-state index in [0.717, 1.165) is 0 Å². The van der Waals surface area contributed by atoms with Gasteiger partial charge >= 0.3 is 18.9 Å². The van der Waals surface area contributed by atoms with Crippen LogP contribution in [0.1, 0.15) is 0 Å². The SMILES string of the molecule is O=S([O-])OCCF.[Li+]. The van der Waals surface area contributed by atoms with Gasteiger partial charge in [-0.2, -0.15) is 0 Å². The Morgan fingerprint density at radius 1 is 1.75 bits per heavy atom. The predicted molar refractivity (Wildman–Crippen MR) is 20.8 cm³/mol. The molecule has 0 aromatic rings. The quantitative estimate of drug-likeness (QED) is 0.301. The molecule has 0 fully saturated rings. The third-order valence-electron chi connectivity index (χ3n) is 0.257. The van der Waals surface area contributed by atoms with Crippen LogP contribution in [0.15, 0.2) is 0 Å². The fraction of sp³-hybridized carbons (Fsp3) is 1.00. The molecule has 0 heterocycles. The smallest absolute Gasteiger partial charge is 0.750 e. The van der Waals surface area contributed by atoms with Crippen LogP contribution in [-0.2, 0) is 15.5 Å². The fourth-order valence-corrected chi connectivity index (χ4v) is 0.299. The molecule has 0 aliphatic heterocycles. The molecule has 0 aromatic heterocycles. The van der Waals surface area contributed by atoms with E-state index in [9.17, 15) is 13.2 Å². The van der Waals surface area contributed by atoms with Crippen molar-refractivity contribution in [2.75, 3.05) is 13.3 Å². The van der Waals surface area contributed by atoms with Crippen LogP contribution in [0.25, 0.3) is 0 Å². The summed E-state index contributed by atoms with van der Waals surface area (Å²) in [4.78, 5) is 0. The number of alkyl halides is 1. The van der Waals surface area contributed by atoms with Gasteiger partial charge in [0.15, 0.2) is 0 Å². The van der Waals surface area contributed by atoms with Crippen molar-refractivity contribution in [1.82, 2.24) is 0 Å².